The second-order valence-corrected chi connectivity index (χ2v) is 10.7. The van der Waals surface area contributed by atoms with Crippen LogP contribution in [0.3, 0.4) is 0 Å². The number of ether oxygens (including phenoxy) is 1. The van der Waals surface area contributed by atoms with Gasteiger partial charge >= 0.3 is 0 Å². The normalized spacial score (nSPS) is 17.6. The first-order valence-corrected chi connectivity index (χ1v) is 12.3. The molecule has 7 rings (SSSR count). The molecule has 33 heavy (non-hydrogen) atoms. The summed E-state index contributed by atoms with van der Waals surface area (Å²) in [5, 5.41) is 4.10. The van der Waals surface area contributed by atoms with E-state index < -0.39 is 0 Å². The Morgan fingerprint density at radius 2 is 1.27 bits per heavy atom. The summed E-state index contributed by atoms with van der Waals surface area (Å²) in [6, 6.07) is 16.4. The van der Waals surface area contributed by atoms with Crippen LogP contribution in [0.4, 0.5) is 0 Å². The Morgan fingerprint density at radius 3 is 1.94 bits per heavy atom. The lowest BCUT2D eigenvalue weighted by Gasteiger charge is -2.38. The van der Waals surface area contributed by atoms with Crippen molar-refractivity contribution >= 4 is 77.2 Å². The molecule has 5 nitrogen and oxygen atoms in total. The van der Waals surface area contributed by atoms with Crippen LogP contribution in [0.25, 0.3) is 54.6 Å². The molecule has 0 aliphatic carbocycles. The van der Waals surface area contributed by atoms with Gasteiger partial charge in [0.1, 0.15) is 11.4 Å². The molecule has 0 fully saturated rings. The molecule has 1 unspecified atom stereocenters. The third kappa shape index (κ3) is 2.64. The number of halogens is 1. The molecule has 4 heterocycles. The second-order valence-electron chi connectivity index (χ2n) is 9.15. The molecule has 160 valence electrons. The lowest BCUT2D eigenvalue weighted by atomic mass is 9.90. The Morgan fingerprint density at radius 1 is 0.727 bits per heavy atom. The van der Waals surface area contributed by atoms with Crippen LogP contribution >= 0.6 is 22.6 Å². The standard InChI is InChI=1S/C27H19IN4O/c1-27(2)19(28)13-18-25-22(14-7-3-4-8-15(14)26(18)33-27)31-23-16-9-5-11-29-20(16)21-17(24(23)32-25)10-6-12-30-21/h3-12,19H,13H2,1-2H3. The highest BCUT2D eigenvalue weighted by molar-refractivity contribution is 14.1. The van der Waals surface area contributed by atoms with Gasteiger partial charge in [0.15, 0.2) is 0 Å². The van der Waals surface area contributed by atoms with Crippen LogP contribution in [-0.2, 0) is 6.42 Å². The van der Waals surface area contributed by atoms with Gasteiger partial charge < -0.3 is 4.74 Å². The van der Waals surface area contributed by atoms with Crippen molar-refractivity contribution in [3.8, 4) is 5.75 Å². The number of aromatic nitrogens is 4. The maximum Gasteiger partial charge on any atom is 0.133 e. The largest absolute Gasteiger partial charge is 0.486 e. The molecule has 3 aromatic carbocycles. The monoisotopic (exact) mass is 542 g/mol. The number of nitrogens with zero attached hydrogens (tertiary/aromatic N) is 4. The third-order valence-electron chi connectivity index (χ3n) is 6.74. The number of benzene rings is 3. The highest BCUT2D eigenvalue weighted by Crippen LogP contribution is 2.46. The molecular formula is C27H19IN4O. The lowest BCUT2D eigenvalue weighted by molar-refractivity contribution is 0.0992. The number of hydrogen-bond donors (Lipinski definition) is 0. The van der Waals surface area contributed by atoms with Crippen molar-refractivity contribution in [2.24, 2.45) is 0 Å². The first-order chi connectivity index (χ1) is 16.0. The van der Waals surface area contributed by atoms with Crippen LogP contribution in [-0.4, -0.2) is 29.5 Å². The molecule has 6 aromatic rings. The maximum atomic E-state index is 6.63. The van der Waals surface area contributed by atoms with Gasteiger partial charge in [-0.3, -0.25) is 9.97 Å². The van der Waals surface area contributed by atoms with Gasteiger partial charge in [-0.2, -0.15) is 0 Å². The summed E-state index contributed by atoms with van der Waals surface area (Å²) in [6.07, 6.45) is 4.50. The Kier molecular flexibility index (Phi) is 3.93. The minimum atomic E-state index is -0.257. The predicted molar refractivity (Wildman–Crippen MR) is 141 cm³/mol. The van der Waals surface area contributed by atoms with Gasteiger partial charge in [0.25, 0.3) is 0 Å². The Hall–Kier alpha value is -3.13. The van der Waals surface area contributed by atoms with Gasteiger partial charge in [-0.15, -0.1) is 0 Å². The zero-order chi connectivity index (χ0) is 22.3. The highest BCUT2D eigenvalue weighted by Gasteiger charge is 2.37. The average molecular weight is 542 g/mol. The first-order valence-electron chi connectivity index (χ1n) is 11.0. The Balaban J connectivity index is 1.74. The van der Waals surface area contributed by atoms with Crippen molar-refractivity contribution in [3.63, 3.8) is 0 Å². The van der Waals surface area contributed by atoms with Gasteiger partial charge in [0.05, 0.1) is 37.0 Å². The number of rotatable bonds is 0. The van der Waals surface area contributed by atoms with Crippen LogP contribution in [0.5, 0.6) is 5.75 Å². The number of fused-ring (bicyclic) bond motifs is 12. The molecule has 6 heteroatoms. The first kappa shape index (κ1) is 19.3. The SMILES string of the molecule is CC1(C)Oc2c(c3nc4c5cccnc5c5ncccc5c4nc3c3ccccc23)CC1I. The van der Waals surface area contributed by atoms with E-state index in [1.807, 2.05) is 24.5 Å². The molecule has 0 radical (unpaired) electrons. The van der Waals surface area contributed by atoms with E-state index in [9.17, 15) is 0 Å². The zero-order valence-corrected chi connectivity index (χ0v) is 20.3. The van der Waals surface area contributed by atoms with Crippen molar-refractivity contribution < 1.29 is 4.74 Å². The molecular weight excluding hydrogens is 523 g/mol. The molecule has 0 amide bonds. The third-order valence-corrected chi connectivity index (χ3v) is 8.68. The summed E-state index contributed by atoms with van der Waals surface area (Å²) in [5.74, 6) is 0.939. The van der Waals surface area contributed by atoms with Gasteiger partial charge in [-0.1, -0.05) is 46.9 Å². The van der Waals surface area contributed by atoms with Gasteiger partial charge in [-0.05, 0) is 44.5 Å². The summed E-state index contributed by atoms with van der Waals surface area (Å²) in [4.78, 5) is 19.9. The van der Waals surface area contributed by atoms with Gasteiger partial charge in [0.2, 0.25) is 0 Å². The Labute approximate surface area is 203 Å². The maximum absolute atomic E-state index is 6.63. The van der Waals surface area contributed by atoms with E-state index in [2.05, 4.69) is 82.8 Å². The molecule has 1 aliphatic heterocycles. The predicted octanol–water partition coefficient (Wildman–Crippen LogP) is 6.55. The van der Waals surface area contributed by atoms with Crippen molar-refractivity contribution in [3.05, 3.63) is 66.5 Å². The van der Waals surface area contributed by atoms with Crippen molar-refractivity contribution in [1.29, 1.82) is 0 Å². The van der Waals surface area contributed by atoms with Crippen LogP contribution in [0.1, 0.15) is 19.4 Å². The van der Waals surface area contributed by atoms with Crippen LogP contribution in [0, 0.1) is 0 Å². The molecule has 0 N–H and O–H groups in total. The minimum absolute atomic E-state index is 0.257. The molecule has 1 aliphatic rings. The number of pyridine rings is 2. The zero-order valence-electron chi connectivity index (χ0n) is 18.1. The van der Waals surface area contributed by atoms with Crippen molar-refractivity contribution in [1.82, 2.24) is 19.9 Å². The fourth-order valence-corrected chi connectivity index (χ4v) is 5.56. The van der Waals surface area contributed by atoms with Crippen molar-refractivity contribution in [2.45, 2.75) is 29.8 Å². The molecule has 3 aromatic heterocycles. The Bertz CT molecular complexity index is 1780. The highest BCUT2D eigenvalue weighted by atomic mass is 127. The number of alkyl halides is 1. The summed E-state index contributed by atoms with van der Waals surface area (Å²) in [5.41, 5.74) is 6.14. The van der Waals surface area contributed by atoms with Crippen LogP contribution < -0.4 is 4.74 Å². The average Bonchev–Trinajstić information content (AvgIpc) is 2.84. The fourth-order valence-electron chi connectivity index (χ4n) is 5.00. The van der Waals surface area contributed by atoms with E-state index in [0.29, 0.717) is 3.92 Å². The van der Waals surface area contributed by atoms with Gasteiger partial charge in [0, 0.05) is 39.5 Å². The van der Waals surface area contributed by atoms with E-state index in [1.165, 1.54) is 0 Å². The molecule has 0 spiro atoms. The lowest BCUT2D eigenvalue weighted by Crippen LogP contribution is -2.43. The summed E-state index contributed by atoms with van der Waals surface area (Å²) in [6.45, 7) is 4.33. The van der Waals surface area contributed by atoms with E-state index in [4.69, 9.17) is 14.7 Å². The van der Waals surface area contributed by atoms with E-state index in [-0.39, 0.29) is 5.60 Å². The second kappa shape index (κ2) is 6.70. The smallest absolute Gasteiger partial charge is 0.133 e. The van der Waals surface area contributed by atoms with Crippen LogP contribution in [0.2, 0.25) is 0 Å². The van der Waals surface area contributed by atoms with E-state index >= 15 is 0 Å². The molecule has 0 saturated carbocycles. The molecule has 0 saturated heterocycles. The van der Waals surface area contributed by atoms with Crippen molar-refractivity contribution in [2.75, 3.05) is 0 Å². The minimum Gasteiger partial charge on any atom is -0.486 e. The van der Waals surface area contributed by atoms with Gasteiger partial charge in [-0.25, -0.2) is 9.97 Å². The fraction of sp³-hybridized carbons (Fsp3) is 0.185. The number of hydrogen-bond acceptors (Lipinski definition) is 5. The van der Waals surface area contributed by atoms with Crippen LogP contribution in [0.15, 0.2) is 60.9 Å². The van der Waals surface area contributed by atoms with E-state index in [1.54, 1.807) is 0 Å². The summed E-state index contributed by atoms with van der Waals surface area (Å²) >= 11 is 2.51. The quantitative estimate of drug-likeness (QED) is 0.0943. The molecule has 0 bridgehead atoms. The van der Waals surface area contributed by atoms with E-state index in [0.717, 1.165) is 72.4 Å². The topological polar surface area (TPSA) is 60.8 Å². The summed E-state index contributed by atoms with van der Waals surface area (Å²) in [7, 11) is 0. The summed E-state index contributed by atoms with van der Waals surface area (Å²) < 4.78 is 6.95. The molecule has 1 atom stereocenters.